The van der Waals surface area contributed by atoms with Crippen molar-refractivity contribution in [1.29, 1.82) is 0 Å². The van der Waals surface area contributed by atoms with E-state index in [4.69, 9.17) is 0 Å². The monoisotopic (exact) mass is 263 g/mol. The van der Waals surface area contributed by atoms with Crippen molar-refractivity contribution in [2.45, 2.75) is 18.2 Å². The van der Waals surface area contributed by atoms with Crippen LogP contribution in [0, 0.1) is 0 Å². The van der Waals surface area contributed by atoms with Gasteiger partial charge in [-0.15, -0.1) is 0 Å². The molecule has 0 aliphatic carbocycles. The third-order valence-electron chi connectivity index (χ3n) is 2.81. The Hall–Kier alpha value is -1.49. The summed E-state index contributed by atoms with van der Waals surface area (Å²) < 4.78 is 0. The highest BCUT2D eigenvalue weighted by Gasteiger charge is 2.23. The number of amides is 1. The van der Waals surface area contributed by atoms with E-state index in [1.165, 1.54) is 5.56 Å². The predicted molar refractivity (Wildman–Crippen MR) is 75.7 cm³/mol. The van der Waals surface area contributed by atoms with Crippen molar-refractivity contribution in [2.75, 3.05) is 13.6 Å². The van der Waals surface area contributed by atoms with Crippen LogP contribution in [0.1, 0.15) is 17.7 Å². The van der Waals surface area contributed by atoms with Gasteiger partial charge in [-0.2, -0.15) is 0 Å². The summed E-state index contributed by atoms with van der Waals surface area (Å²) in [5.74, 6) is -0.0264. The van der Waals surface area contributed by atoms with Crippen LogP contribution in [0.5, 0.6) is 0 Å². The van der Waals surface area contributed by atoms with Crippen LogP contribution in [0.4, 0.5) is 0 Å². The number of benzene rings is 1. The zero-order chi connectivity index (χ0) is 13.0. The van der Waals surface area contributed by atoms with Gasteiger partial charge in [0, 0.05) is 7.05 Å². The Morgan fingerprint density at radius 1 is 1.44 bits per heavy atom. The average molecular weight is 263 g/mol. The topological polar surface area (TPSA) is 53.5 Å². The van der Waals surface area contributed by atoms with Crippen molar-refractivity contribution >= 4 is 22.8 Å². The second-order valence-corrected chi connectivity index (χ2v) is 5.33. The minimum absolute atomic E-state index is 0.0264. The van der Waals surface area contributed by atoms with E-state index in [1.54, 1.807) is 18.8 Å². The summed E-state index contributed by atoms with van der Waals surface area (Å²) in [4.78, 5) is 15.9. The van der Waals surface area contributed by atoms with Gasteiger partial charge in [0.05, 0.1) is 11.8 Å². The zero-order valence-electron chi connectivity index (χ0n) is 10.5. The van der Waals surface area contributed by atoms with Crippen molar-refractivity contribution < 1.29 is 4.79 Å². The molecule has 1 amide bonds. The number of rotatable bonds is 3. The summed E-state index contributed by atoms with van der Waals surface area (Å²) >= 11 is 1.68. The summed E-state index contributed by atoms with van der Waals surface area (Å²) in [6.45, 7) is 2.59. The fraction of sp³-hybridized carbons (Fsp3) is 0.385. The molecule has 18 heavy (non-hydrogen) atoms. The van der Waals surface area contributed by atoms with Gasteiger partial charge in [0.25, 0.3) is 0 Å². The summed E-state index contributed by atoms with van der Waals surface area (Å²) in [7, 11) is 1.64. The molecule has 1 aliphatic heterocycles. The molecule has 0 saturated heterocycles. The zero-order valence-corrected chi connectivity index (χ0v) is 11.3. The SMILES string of the molecule is CNC(=O)C(C)NC1=NCC(c2ccccc2)S1. The molecule has 2 N–H and O–H groups in total. The molecule has 2 unspecified atom stereocenters. The van der Waals surface area contributed by atoms with E-state index in [1.807, 2.05) is 25.1 Å². The van der Waals surface area contributed by atoms with E-state index in [0.29, 0.717) is 5.25 Å². The molecule has 2 rings (SSSR count). The van der Waals surface area contributed by atoms with Crippen LogP contribution in [-0.2, 0) is 4.79 Å². The second-order valence-electron chi connectivity index (χ2n) is 4.14. The summed E-state index contributed by atoms with van der Waals surface area (Å²) in [6.07, 6.45) is 0. The Bertz CT molecular complexity index is 447. The first-order valence-corrected chi connectivity index (χ1v) is 6.83. The molecule has 0 bridgehead atoms. The Morgan fingerprint density at radius 3 is 2.83 bits per heavy atom. The van der Waals surface area contributed by atoms with Gasteiger partial charge >= 0.3 is 0 Å². The van der Waals surface area contributed by atoms with E-state index in [-0.39, 0.29) is 11.9 Å². The number of thioether (sulfide) groups is 1. The average Bonchev–Trinajstić information content (AvgIpc) is 2.87. The number of carbonyl (C=O) groups is 1. The number of aliphatic imine (C=N–C) groups is 1. The van der Waals surface area contributed by atoms with Crippen molar-refractivity contribution in [1.82, 2.24) is 10.6 Å². The predicted octanol–water partition coefficient (Wildman–Crippen LogP) is 1.55. The molecule has 1 aromatic carbocycles. The highest BCUT2D eigenvalue weighted by molar-refractivity contribution is 8.14. The summed E-state index contributed by atoms with van der Waals surface area (Å²) in [5.41, 5.74) is 1.27. The number of nitrogens with one attached hydrogen (secondary N) is 2. The lowest BCUT2D eigenvalue weighted by molar-refractivity contribution is -0.121. The third kappa shape index (κ3) is 3.04. The Morgan fingerprint density at radius 2 is 2.17 bits per heavy atom. The fourth-order valence-electron chi connectivity index (χ4n) is 1.76. The maximum atomic E-state index is 11.4. The van der Waals surface area contributed by atoms with Crippen molar-refractivity contribution in [3.8, 4) is 0 Å². The standard InChI is InChI=1S/C13H17N3OS/c1-9(12(17)14-2)16-13-15-8-11(18-13)10-6-4-3-5-7-10/h3-7,9,11H,8H2,1-2H3,(H,14,17)(H,15,16). The van der Waals surface area contributed by atoms with Gasteiger partial charge in [0.15, 0.2) is 5.17 Å². The number of amidine groups is 1. The highest BCUT2D eigenvalue weighted by atomic mass is 32.2. The lowest BCUT2D eigenvalue weighted by atomic mass is 10.1. The van der Waals surface area contributed by atoms with Crippen LogP contribution in [0.2, 0.25) is 0 Å². The lowest BCUT2D eigenvalue weighted by Gasteiger charge is -2.13. The van der Waals surface area contributed by atoms with Crippen molar-refractivity contribution in [2.24, 2.45) is 4.99 Å². The molecular formula is C13H17N3OS. The second kappa shape index (κ2) is 5.91. The van der Waals surface area contributed by atoms with Gasteiger partial charge in [-0.25, -0.2) is 0 Å². The molecule has 0 saturated carbocycles. The molecule has 0 fully saturated rings. The van der Waals surface area contributed by atoms with Crippen molar-refractivity contribution in [3.63, 3.8) is 0 Å². The van der Waals surface area contributed by atoms with E-state index in [0.717, 1.165) is 11.7 Å². The van der Waals surface area contributed by atoms with Gasteiger partial charge in [-0.3, -0.25) is 9.79 Å². The van der Waals surface area contributed by atoms with Crippen LogP contribution in [0.3, 0.4) is 0 Å². The van der Waals surface area contributed by atoms with E-state index in [9.17, 15) is 4.79 Å². The molecule has 1 heterocycles. The minimum atomic E-state index is -0.254. The molecular weight excluding hydrogens is 246 g/mol. The normalized spacial score (nSPS) is 20.1. The Labute approximate surface area is 111 Å². The number of likely N-dealkylation sites (N-methyl/N-ethyl adjacent to an activating group) is 1. The van der Waals surface area contributed by atoms with Crippen LogP contribution in [-0.4, -0.2) is 30.7 Å². The quantitative estimate of drug-likeness (QED) is 0.870. The molecule has 0 radical (unpaired) electrons. The van der Waals surface area contributed by atoms with Gasteiger partial charge in [0.2, 0.25) is 5.91 Å². The fourth-order valence-corrected chi connectivity index (χ4v) is 2.87. The summed E-state index contributed by atoms with van der Waals surface area (Å²) in [6, 6.07) is 10.0. The van der Waals surface area contributed by atoms with Crippen LogP contribution in [0.25, 0.3) is 0 Å². The molecule has 4 nitrogen and oxygen atoms in total. The first-order valence-electron chi connectivity index (χ1n) is 5.95. The third-order valence-corrected chi connectivity index (χ3v) is 3.98. The first kappa shape index (κ1) is 13.0. The van der Waals surface area contributed by atoms with Crippen LogP contribution in [0.15, 0.2) is 35.3 Å². The van der Waals surface area contributed by atoms with Crippen LogP contribution >= 0.6 is 11.8 Å². The molecule has 5 heteroatoms. The highest BCUT2D eigenvalue weighted by Crippen LogP contribution is 2.34. The summed E-state index contributed by atoms with van der Waals surface area (Å²) in [5, 5.41) is 6.95. The molecule has 1 aromatic rings. The maximum Gasteiger partial charge on any atom is 0.242 e. The first-order chi connectivity index (χ1) is 8.70. The largest absolute Gasteiger partial charge is 0.357 e. The van der Waals surface area contributed by atoms with Gasteiger partial charge in [-0.05, 0) is 12.5 Å². The molecule has 0 aromatic heterocycles. The van der Waals surface area contributed by atoms with E-state index < -0.39 is 0 Å². The van der Waals surface area contributed by atoms with Crippen LogP contribution < -0.4 is 10.6 Å². The van der Waals surface area contributed by atoms with Gasteiger partial charge in [0.1, 0.15) is 6.04 Å². The Balaban J connectivity index is 1.90. The lowest BCUT2D eigenvalue weighted by Crippen LogP contribution is -2.42. The maximum absolute atomic E-state index is 11.4. The van der Waals surface area contributed by atoms with Gasteiger partial charge in [-0.1, -0.05) is 42.1 Å². The van der Waals surface area contributed by atoms with Crippen molar-refractivity contribution in [3.05, 3.63) is 35.9 Å². The molecule has 2 atom stereocenters. The Kier molecular flexibility index (Phi) is 4.25. The number of nitrogens with zero attached hydrogens (tertiary/aromatic N) is 1. The van der Waals surface area contributed by atoms with E-state index in [2.05, 4.69) is 27.8 Å². The molecule has 0 spiro atoms. The molecule has 96 valence electrons. The smallest absolute Gasteiger partial charge is 0.242 e. The minimum Gasteiger partial charge on any atom is -0.357 e. The number of hydrogen-bond donors (Lipinski definition) is 2. The number of carbonyl (C=O) groups excluding carboxylic acids is 1. The van der Waals surface area contributed by atoms with E-state index >= 15 is 0 Å². The van der Waals surface area contributed by atoms with Gasteiger partial charge < -0.3 is 10.6 Å². The number of hydrogen-bond acceptors (Lipinski definition) is 4. The molecule has 1 aliphatic rings.